The number of nitrogens with one attached hydrogen (secondary N) is 1. The highest BCUT2D eigenvalue weighted by Crippen LogP contribution is 2.29. The monoisotopic (exact) mass is 429 g/mol. The van der Waals surface area contributed by atoms with Crippen molar-refractivity contribution >= 4 is 0 Å². The van der Waals surface area contributed by atoms with Crippen molar-refractivity contribution in [2.45, 2.75) is 39.8 Å². The molecule has 0 spiro atoms. The van der Waals surface area contributed by atoms with E-state index >= 15 is 0 Å². The van der Waals surface area contributed by atoms with Crippen LogP contribution in [0.25, 0.3) is 22.5 Å². The maximum atomic E-state index is 13.0. The van der Waals surface area contributed by atoms with E-state index in [9.17, 15) is 4.79 Å². The summed E-state index contributed by atoms with van der Waals surface area (Å²) in [5.74, 6) is 1.79. The van der Waals surface area contributed by atoms with Crippen LogP contribution in [0.2, 0.25) is 0 Å². The van der Waals surface area contributed by atoms with Crippen molar-refractivity contribution in [3.05, 3.63) is 83.1 Å². The zero-order valence-corrected chi connectivity index (χ0v) is 18.4. The summed E-state index contributed by atoms with van der Waals surface area (Å²) in [5.41, 5.74) is 3.95. The van der Waals surface area contributed by atoms with Gasteiger partial charge in [0.05, 0.1) is 6.54 Å². The Balaban J connectivity index is 1.62. The average Bonchev–Trinajstić information content (AvgIpc) is 3.43. The highest BCUT2D eigenvalue weighted by molar-refractivity contribution is 5.80. The summed E-state index contributed by atoms with van der Waals surface area (Å²) in [6, 6.07) is 16.2. The third-order valence-electron chi connectivity index (χ3n) is 5.25. The molecule has 0 saturated carbocycles. The van der Waals surface area contributed by atoms with Crippen LogP contribution in [0.3, 0.4) is 0 Å². The predicted octanol–water partition coefficient (Wildman–Crippen LogP) is 3.71. The smallest absolute Gasteiger partial charge is 0.274 e. The molecule has 0 fully saturated rings. The van der Waals surface area contributed by atoms with Crippen molar-refractivity contribution in [1.82, 2.24) is 35.0 Å². The molecule has 0 aliphatic heterocycles. The summed E-state index contributed by atoms with van der Waals surface area (Å²) in [6.45, 7) is 9.04. The Morgan fingerprint density at radius 3 is 2.50 bits per heavy atom. The van der Waals surface area contributed by atoms with Crippen LogP contribution in [0.4, 0.5) is 0 Å². The van der Waals surface area contributed by atoms with E-state index in [1.54, 1.807) is 15.3 Å². The molecule has 8 nitrogen and oxygen atoms in total. The number of aryl methyl sites for hydroxylation is 1. The fourth-order valence-electron chi connectivity index (χ4n) is 3.70. The second-order valence-corrected chi connectivity index (χ2v) is 8.16. The van der Waals surface area contributed by atoms with Crippen molar-refractivity contribution < 1.29 is 0 Å². The van der Waals surface area contributed by atoms with Crippen molar-refractivity contribution in [1.29, 1.82) is 0 Å². The van der Waals surface area contributed by atoms with E-state index < -0.39 is 0 Å². The van der Waals surface area contributed by atoms with Crippen LogP contribution >= 0.6 is 0 Å². The maximum absolute atomic E-state index is 13.0. The molecule has 8 heteroatoms. The van der Waals surface area contributed by atoms with Crippen LogP contribution in [-0.4, -0.2) is 35.0 Å². The first-order valence-corrected chi connectivity index (χ1v) is 10.8. The van der Waals surface area contributed by atoms with Crippen LogP contribution in [0.5, 0.6) is 0 Å². The van der Waals surface area contributed by atoms with Gasteiger partial charge in [-0.3, -0.25) is 4.57 Å². The van der Waals surface area contributed by atoms with E-state index in [0.717, 1.165) is 34.5 Å². The molecule has 0 aliphatic rings. The molecule has 0 radical (unpaired) electrons. The van der Waals surface area contributed by atoms with E-state index in [1.807, 2.05) is 24.3 Å². The highest BCUT2D eigenvalue weighted by atomic mass is 16.2. The number of aromatic nitrogens is 7. The Labute approximate surface area is 186 Å². The molecular weight excluding hydrogens is 402 g/mol. The molecule has 0 aliphatic carbocycles. The van der Waals surface area contributed by atoms with Gasteiger partial charge in [0.15, 0.2) is 0 Å². The zero-order chi connectivity index (χ0) is 22.5. The molecule has 0 saturated heterocycles. The van der Waals surface area contributed by atoms with Crippen LogP contribution in [-0.2, 0) is 19.5 Å². The van der Waals surface area contributed by atoms with Gasteiger partial charge in [-0.15, -0.1) is 16.8 Å². The van der Waals surface area contributed by atoms with Crippen molar-refractivity contribution in [3.8, 4) is 22.5 Å². The first-order valence-electron chi connectivity index (χ1n) is 10.8. The van der Waals surface area contributed by atoms with E-state index in [0.29, 0.717) is 31.3 Å². The molecule has 1 N–H and O–H groups in total. The minimum atomic E-state index is -0.0750. The molecule has 2 aromatic heterocycles. The summed E-state index contributed by atoms with van der Waals surface area (Å²) in [7, 11) is 0. The van der Waals surface area contributed by atoms with Gasteiger partial charge in [0.2, 0.25) is 5.82 Å². The summed E-state index contributed by atoms with van der Waals surface area (Å²) >= 11 is 0. The number of rotatable bonds is 9. The summed E-state index contributed by atoms with van der Waals surface area (Å²) in [6.07, 6.45) is 3.28. The minimum absolute atomic E-state index is 0.0750. The Kier molecular flexibility index (Phi) is 6.39. The van der Waals surface area contributed by atoms with Crippen LogP contribution in [0.1, 0.15) is 31.7 Å². The molecule has 32 heavy (non-hydrogen) atoms. The molecule has 164 valence electrons. The molecule has 0 bridgehead atoms. The Morgan fingerprint density at radius 2 is 1.84 bits per heavy atom. The number of aromatic amines is 1. The number of benzene rings is 2. The van der Waals surface area contributed by atoms with Crippen molar-refractivity contribution in [2.75, 3.05) is 0 Å². The quantitative estimate of drug-likeness (QED) is 0.409. The van der Waals surface area contributed by atoms with Crippen molar-refractivity contribution in [2.24, 2.45) is 5.92 Å². The maximum Gasteiger partial charge on any atom is 0.346 e. The van der Waals surface area contributed by atoms with Gasteiger partial charge in [-0.2, -0.15) is 10.3 Å². The number of hydrogen-bond donors (Lipinski definition) is 1. The second-order valence-electron chi connectivity index (χ2n) is 8.16. The van der Waals surface area contributed by atoms with Gasteiger partial charge in [-0.25, -0.2) is 9.48 Å². The second kappa shape index (κ2) is 9.55. The topological polar surface area (TPSA) is 94.3 Å². The number of allylic oxidation sites excluding steroid dienone is 1. The third-order valence-corrected chi connectivity index (χ3v) is 5.25. The lowest BCUT2D eigenvalue weighted by molar-refractivity contribution is 0.573. The molecule has 4 rings (SSSR count). The lowest BCUT2D eigenvalue weighted by Gasteiger charge is -2.10. The fourth-order valence-corrected chi connectivity index (χ4v) is 3.70. The molecular formula is C24H27N7O. The van der Waals surface area contributed by atoms with E-state index in [2.05, 4.69) is 70.4 Å². The summed E-state index contributed by atoms with van der Waals surface area (Å²) < 4.78 is 3.33. The van der Waals surface area contributed by atoms with Crippen molar-refractivity contribution in [3.63, 3.8) is 0 Å². The number of tetrazole rings is 1. The van der Waals surface area contributed by atoms with Gasteiger partial charge in [-0.1, -0.05) is 68.5 Å². The zero-order valence-electron chi connectivity index (χ0n) is 18.4. The average molecular weight is 430 g/mol. The van der Waals surface area contributed by atoms with Gasteiger partial charge in [0, 0.05) is 18.5 Å². The Bertz CT molecular complexity index is 1230. The molecule has 0 unspecified atom stereocenters. The predicted molar refractivity (Wildman–Crippen MR) is 124 cm³/mol. The molecule has 0 amide bonds. The number of hydrogen-bond acceptors (Lipinski definition) is 5. The summed E-state index contributed by atoms with van der Waals surface area (Å²) in [4.78, 5) is 13.0. The van der Waals surface area contributed by atoms with Crippen LogP contribution in [0, 0.1) is 5.92 Å². The number of H-pyrrole nitrogens is 1. The standard InChI is InChI=1S/C24H27N7O/c1-4-5-14-31-24(32)30(22(27-31)15-17(2)3)16-18-10-12-19(13-11-18)20-8-6-7-9-21(20)23-25-28-29-26-23/h4,6-13,17H,1,5,14-16H2,2-3H3,(H,25,26,28,29). The molecule has 2 aromatic carbocycles. The number of nitrogens with zero attached hydrogens (tertiary/aromatic N) is 6. The molecule has 2 heterocycles. The Morgan fingerprint density at radius 1 is 1.09 bits per heavy atom. The van der Waals surface area contributed by atoms with Gasteiger partial charge in [0.1, 0.15) is 5.82 Å². The molecule has 0 atom stereocenters. The minimum Gasteiger partial charge on any atom is -0.274 e. The van der Waals surface area contributed by atoms with Gasteiger partial charge in [0.25, 0.3) is 0 Å². The normalized spacial score (nSPS) is 11.2. The first kappa shape index (κ1) is 21.4. The molecule has 4 aromatic rings. The van der Waals surface area contributed by atoms with Gasteiger partial charge >= 0.3 is 5.69 Å². The SMILES string of the molecule is C=CCCn1nc(CC(C)C)n(Cc2ccc(-c3ccccc3-c3nn[nH]n3)cc2)c1=O. The lowest BCUT2D eigenvalue weighted by atomic mass is 9.98. The lowest BCUT2D eigenvalue weighted by Crippen LogP contribution is -2.26. The van der Waals surface area contributed by atoms with Crippen LogP contribution in [0.15, 0.2) is 66.0 Å². The first-order chi connectivity index (χ1) is 15.6. The van der Waals surface area contributed by atoms with E-state index in [1.165, 1.54) is 0 Å². The third kappa shape index (κ3) is 4.59. The highest BCUT2D eigenvalue weighted by Gasteiger charge is 2.15. The summed E-state index contributed by atoms with van der Waals surface area (Å²) in [5, 5.41) is 19.0. The van der Waals surface area contributed by atoms with Crippen LogP contribution < -0.4 is 5.69 Å². The largest absolute Gasteiger partial charge is 0.346 e. The van der Waals surface area contributed by atoms with E-state index in [-0.39, 0.29) is 5.69 Å². The fraction of sp³-hybridized carbons (Fsp3) is 0.292. The van der Waals surface area contributed by atoms with E-state index in [4.69, 9.17) is 0 Å². The Hall–Kier alpha value is -3.81. The van der Waals surface area contributed by atoms with Gasteiger partial charge in [-0.05, 0) is 34.2 Å². The van der Waals surface area contributed by atoms with Gasteiger partial charge < -0.3 is 0 Å².